The number of carbonyl (C=O) groups excluding carboxylic acids is 1. The first-order valence-electron chi connectivity index (χ1n) is 11.7. The van der Waals surface area contributed by atoms with Crippen LogP contribution in [0.4, 0.5) is 8.78 Å². The van der Waals surface area contributed by atoms with Crippen LogP contribution in [0.1, 0.15) is 42.4 Å². The Hall–Kier alpha value is -2.39. The smallest absolute Gasteiger partial charge is 0.252 e. The maximum absolute atomic E-state index is 13.6. The molecule has 2 saturated carbocycles. The highest BCUT2D eigenvalue weighted by atomic mass is 19.2. The third-order valence-corrected chi connectivity index (χ3v) is 6.55. The quantitative estimate of drug-likeness (QED) is 0.519. The van der Waals surface area contributed by atoms with Crippen LogP contribution in [0.15, 0.2) is 42.5 Å². The molecule has 0 spiro atoms. The number of benzene rings is 2. The Labute approximate surface area is 197 Å². The van der Waals surface area contributed by atoms with Crippen LogP contribution in [0.2, 0.25) is 0 Å². The fourth-order valence-corrected chi connectivity index (χ4v) is 4.34. The molecule has 0 heterocycles. The van der Waals surface area contributed by atoms with Gasteiger partial charge in [-0.15, -0.1) is 0 Å². The van der Waals surface area contributed by atoms with Crippen molar-refractivity contribution in [1.82, 2.24) is 5.32 Å². The molecule has 0 bridgehead atoms. The van der Waals surface area contributed by atoms with Crippen molar-refractivity contribution in [3.63, 3.8) is 0 Å². The molecule has 8 heteroatoms. The van der Waals surface area contributed by atoms with Crippen LogP contribution in [-0.2, 0) is 27.5 Å². The molecule has 34 heavy (non-hydrogen) atoms. The summed E-state index contributed by atoms with van der Waals surface area (Å²) in [6.45, 7) is 2.53. The van der Waals surface area contributed by atoms with Crippen LogP contribution in [0, 0.1) is 24.5 Å². The minimum atomic E-state index is -1.41. The van der Waals surface area contributed by atoms with E-state index in [0.717, 1.165) is 36.1 Å². The average molecular weight is 476 g/mol. The molecule has 4 rings (SSSR count). The van der Waals surface area contributed by atoms with E-state index in [1.54, 1.807) is 0 Å². The van der Waals surface area contributed by atoms with Gasteiger partial charge in [-0.3, -0.25) is 4.79 Å². The molecular formula is C26H31F2NO5. The molecule has 2 aromatic carbocycles. The van der Waals surface area contributed by atoms with E-state index in [0.29, 0.717) is 18.0 Å². The number of hydrogen-bond donors (Lipinski definition) is 3. The number of aliphatic hydroxyl groups excluding tert-OH is 2. The van der Waals surface area contributed by atoms with Gasteiger partial charge in [-0.2, -0.15) is 0 Å². The fourth-order valence-electron chi connectivity index (χ4n) is 4.34. The number of nitrogens with one attached hydrogen (secondary N) is 1. The summed E-state index contributed by atoms with van der Waals surface area (Å²) >= 11 is 0. The fraction of sp³-hybridized carbons (Fsp3) is 0.500. The van der Waals surface area contributed by atoms with Crippen molar-refractivity contribution in [2.24, 2.45) is 5.92 Å². The van der Waals surface area contributed by atoms with Gasteiger partial charge in [0.15, 0.2) is 17.2 Å². The van der Waals surface area contributed by atoms with E-state index in [1.165, 1.54) is 6.07 Å². The third kappa shape index (κ3) is 5.99. The summed E-state index contributed by atoms with van der Waals surface area (Å²) < 4.78 is 38.8. The molecule has 0 aliphatic heterocycles. The van der Waals surface area contributed by atoms with Crippen LogP contribution < -0.4 is 5.32 Å². The van der Waals surface area contributed by atoms with E-state index in [2.05, 4.69) is 5.32 Å². The van der Waals surface area contributed by atoms with Gasteiger partial charge in [0, 0.05) is 19.4 Å². The summed E-state index contributed by atoms with van der Waals surface area (Å²) in [5.41, 5.74) is 0.903. The van der Waals surface area contributed by atoms with Gasteiger partial charge in [0.2, 0.25) is 0 Å². The van der Waals surface area contributed by atoms with Gasteiger partial charge < -0.3 is 25.0 Å². The minimum absolute atomic E-state index is 0.0111. The number of carbonyl (C=O) groups is 1. The molecule has 6 nitrogen and oxygen atoms in total. The average Bonchev–Trinajstić information content (AvgIpc) is 3.64. The van der Waals surface area contributed by atoms with Gasteiger partial charge in [-0.05, 0) is 48.9 Å². The molecule has 0 aromatic heterocycles. The van der Waals surface area contributed by atoms with Gasteiger partial charge in [0.25, 0.3) is 5.91 Å². The Morgan fingerprint density at radius 3 is 2.53 bits per heavy atom. The zero-order chi connectivity index (χ0) is 24.3. The first-order valence-corrected chi connectivity index (χ1v) is 11.7. The Kier molecular flexibility index (Phi) is 7.62. The summed E-state index contributed by atoms with van der Waals surface area (Å²) in [5, 5.41) is 24.2. The highest BCUT2D eigenvalue weighted by Gasteiger charge is 2.51. The van der Waals surface area contributed by atoms with Crippen molar-refractivity contribution >= 4 is 5.91 Å². The zero-order valence-corrected chi connectivity index (χ0v) is 19.2. The van der Waals surface area contributed by atoms with E-state index in [4.69, 9.17) is 9.47 Å². The van der Waals surface area contributed by atoms with E-state index >= 15 is 0 Å². The maximum Gasteiger partial charge on any atom is 0.252 e. The highest BCUT2D eigenvalue weighted by Crippen LogP contribution is 2.36. The van der Waals surface area contributed by atoms with Crippen LogP contribution >= 0.6 is 0 Å². The van der Waals surface area contributed by atoms with Crippen molar-refractivity contribution in [3.8, 4) is 0 Å². The molecule has 0 unspecified atom stereocenters. The summed E-state index contributed by atoms with van der Waals surface area (Å²) in [6.07, 6.45) is -1.39. The van der Waals surface area contributed by atoms with Gasteiger partial charge in [0.1, 0.15) is 6.10 Å². The minimum Gasteiger partial charge on any atom is -0.390 e. The molecule has 0 radical (unpaired) electrons. The lowest BCUT2D eigenvalue weighted by Crippen LogP contribution is -2.60. The van der Waals surface area contributed by atoms with Gasteiger partial charge in [-0.25, -0.2) is 8.78 Å². The second kappa shape index (κ2) is 10.5. The lowest BCUT2D eigenvalue weighted by atomic mass is 9.78. The molecule has 2 aliphatic carbocycles. The number of rotatable bonds is 9. The number of amides is 1. The number of aliphatic hydroxyl groups is 2. The Morgan fingerprint density at radius 1 is 1.06 bits per heavy atom. The first kappa shape index (κ1) is 24.7. The van der Waals surface area contributed by atoms with Crippen LogP contribution in [0.3, 0.4) is 0 Å². The molecule has 184 valence electrons. The van der Waals surface area contributed by atoms with Crippen LogP contribution in [0.5, 0.6) is 0 Å². The number of ether oxygens (including phenoxy) is 2. The number of hydrogen-bond acceptors (Lipinski definition) is 5. The summed E-state index contributed by atoms with van der Waals surface area (Å²) in [4.78, 5) is 13.3. The SMILES string of the molecule is Cc1cccc(CO[C@@]2(C(=O)NCC3CC3)C[C@@H](O)[C@@H](O)[C@H](OCc3ccc(F)c(F)c3)C2)c1. The first-order chi connectivity index (χ1) is 16.3. The topological polar surface area (TPSA) is 88.0 Å². The second-order valence-electron chi connectivity index (χ2n) is 9.49. The molecule has 4 atom stereocenters. The highest BCUT2D eigenvalue weighted by molar-refractivity contribution is 5.85. The molecule has 2 aromatic rings. The standard InChI is InChI=1S/C26H31F2NO5/c1-16-3-2-4-18(9-16)15-34-26(25(32)29-13-17-5-6-17)11-22(30)24(31)23(12-26)33-14-19-7-8-20(27)21(28)10-19/h2-4,7-10,17,22-24,30-31H,5-6,11-15H2,1H3,(H,29,32)/t22-,23-,24-,26+/m1/s1. The summed E-state index contributed by atoms with van der Waals surface area (Å²) in [5.74, 6) is -1.86. The van der Waals surface area contributed by atoms with Crippen molar-refractivity contribution in [2.75, 3.05) is 6.54 Å². The van der Waals surface area contributed by atoms with Crippen LogP contribution in [0.25, 0.3) is 0 Å². The molecule has 2 fully saturated rings. The lowest BCUT2D eigenvalue weighted by Gasteiger charge is -2.44. The third-order valence-electron chi connectivity index (χ3n) is 6.55. The maximum atomic E-state index is 13.6. The monoisotopic (exact) mass is 475 g/mol. The van der Waals surface area contributed by atoms with Gasteiger partial charge in [0.05, 0.1) is 25.4 Å². The van der Waals surface area contributed by atoms with Crippen molar-refractivity contribution < 1.29 is 33.3 Å². The number of aryl methyl sites for hydroxylation is 1. The van der Waals surface area contributed by atoms with E-state index in [9.17, 15) is 23.8 Å². The Balaban J connectivity index is 1.51. The van der Waals surface area contributed by atoms with Gasteiger partial charge >= 0.3 is 0 Å². The summed E-state index contributed by atoms with van der Waals surface area (Å²) in [7, 11) is 0. The normalized spacial score (nSPS) is 26.9. The Morgan fingerprint density at radius 2 is 1.82 bits per heavy atom. The Bertz CT molecular complexity index is 1010. The number of halogens is 2. The van der Waals surface area contributed by atoms with Gasteiger partial charge in [-0.1, -0.05) is 35.9 Å². The lowest BCUT2D eigenvalue weighted by molar-refractivity contribution is -0.200. The predicted octanol–water partition coefficient (Wildman–Crippen LogP) is 3.16. The molecule has 2 aliphatic rings. The molecule has 0 saturated heterocycles. The van der Waals surface area contributed by atoms with Crippen molar-refractivity contribution in [1.29, 1.82) is 0 Å². The van der Waals surface area contributed by atoms with E-state index < -0.39 is 35.5 Å². The predicted molar refractivity (Wildman–Crippen MR) is 121 cm³/mol. The second-order valence-corrected chi connectivity index (χ2v) is 9.49. The summed E-state index contributed by atoms with van der Waals surface area (Å²) in [6, 6.07) is 11.1. The van der Waals surface area contributed by atoms with Crippen LogP contribution in [-0.4, -0.2) is 46.6 Å². The van der Waals surface area contributed by atoms with E-state index in [1.807, 2.05) is 31.2 Å². The van der Waals surface area contributed by atoms with Crippen molar-refractivity contribution in [3.05, 3.63) is 70.8 Å². The largest absolute Gasteiger partial charge is 0.390 e. The zero-order valence-electron chi connectivity index (χ0n) is 19.2. The molecule has 3 N–H and O–H groups in total. The van der Waals surface area contributed by atoms with E-state index in [-0.39, 0.29) is 32.0 Å². The van der Waals surface area contributed by atoms with Crippen molar-refractivity contribution in [2.45, 2.75) is 69.7 Å². The molecule has 1 amide bonds. The molecular weight excluding hydrogens is 444 g/mol.